The first-order valence-corrected chi connectivity index (χ1v) is 6.27. The summed E-state index contributed by atoms with van der Waals surface area (Å²) in [5, 5.41) is 0. The molecule has 0 aliphatic heterocycles. The van der Waals surface area contributed by atoms with E-state index in [0.717, 1.165) is 17.5 Å². The summed E-state index contributed by atoms with van der Waals surface area (Å²) < 4.78 is 13.4. The van der Waals surface area contributed by atoms with Crippen LogP contribution in [0, 0.1) is 5.82 Å². The van der Waals surface area contributed by atoms with Gasteiger partial charge >= 0.3 is 0 Å². The van der Waals surface area contributed by atoms with Crippen molar-refractivity contribution in [3.63, 3.8) is 0 Å². The summed E-state index contributed by atoms with van der Waals surface area (Å²) in [6.45, 7) is 4.38. The second kappa shape index (κ2) is 5.21. The van der Waals surface area contributed by atoms with Gasteiger partial charge in [-0.15, -0.1) is 0 Å². The lowest BCUT2D eigenvalue weighted by Gasteiger charge is -2.10. The van der Waals surface area contributed by atoms with Crippen molar-refractivity contribution in [3.8, 4) is 11.1 Å². The standard InChI is InChI=1S/C16H18FN/c1-3-11(2)12-4-6-13(7-5-12)14-8-9-16(18)15(17)10-14/h4-11H,3,18H2,1-2H3. The van der Waals surface area contributed by atoms with Crippen molar-refractivity contribution in [2.24, 2.45) is 0 Å². The van der Waals surface area contributed by atoms with Crippen LogP contribution in [0.4, 0.5) is 10.1 Å². The SMILES string of the molecule is CCC(C)c1ccc(-c2ccc(N)c(F)c2)cc1. The molecule has 0 aromatic heterocycles. The zero-order valence-corrected chi connectivity index (χ0v) is 10.8. The summed E-state index contributed by atoms with van der Waals surface area (Å²) >= 11 is 0. The van der Waals surface area contributed by atoms with Gasteiger partial charge in [-0.25, -0.2) is 4.39 Å². The number of hydrogen-bond donors (Lipinski definition) is 1. The molecule has 94 valence electrons. The van der Waals surface area contributed by atoms with Crippen molar-refractivity contribution < 1.29 is 4.39 Å². The molecule has 2 heteroatoms. The maximum atomic E-state index is 13.4. The first-order valence-electron chi connectivity index (χ1n) is 6.27. The molecule has 0 radical (unpaired) electrons. The topological polar surface area (TPSA) is 26.0 Å². The van der Waals surface area contributed by atoms with Crippen molar-refractivity contribution in [3.05, 3.63) is 53.8 Å². The monoisotopic (exact) mass is 243 g/mol. The van der Waals surface area contributed by atoms with Gasteiger partial charge in [0.15, 0.2) is 0 Å². The lowest BCUT2D eigenvalue weighted by molar-refractivity contribution is 0.633. The van der Waals surface area contributed by atoms with E-state index in [2.05, 4.69) is 26.0 Å². The summed E-state index contributed by atoms with van der Waals surface area (Å²) in [5.74, 6) is 0.195. The lowest BCUT2D eigenvalue weighted by atomic mass is 9.96. The minimum atomic E-state index is -0.362. The van der Waals surface area contributed by atoms with Crippen molar-refractivity contribution in [1.82, 2.24) is 0 Å². The molecule has 0 spiro atoms. The molecule has 0 saturated carbocycles. The highest BCUT2D eigenvalue weighted by molar-refractivity contribution is 5.66. The van der Waals surface area contributed by atoms with E-state index in [-0.39, 0.29) is 11.5 Å². The van der Waals surface area contributed by atoms with Gasteiger partial charge in [-0.1, -0.05) is 44.2 Å². The van der Waals surface area contributed by atoms with Gasteiger partial charge in [-0.2, -0.15) is 0 Å². The number of hydrogen-bond acceptors (Lipinski definition) is 1. The minimum Gasteiger partial charge on any atom is -0.396 e. The summed E-state index contributed by atoms with van der Waals surface area (Å²) in [5.41, 5.74) is 8.85. The van der Waals surface area contributed by atoms with Crippen LogP contribution < -0.4 is 5.73 Å². The Hall–Kier alpha value is -1.83. The Morgan fingerprint density at radius 3 is 2.22 bits per heavy atom. The number of nitrogen functional groups attached to an aromatic ring is 1. The predicted molar refractivity (Wildman–Crippen MR) is 75.0 cm³/mol. The van der Waals surface area contributed by atoms with E-state index < -0.39 is 0 Å². The van der Waals surface area contributed by atoms with Gasteiger partial charge < -0.3 is 5.73 Å². The van der Waals surface area contributed by atoms with Crippen LogP contribution in [-0.2, 0) is 0 Å². The molecule has 0 saturated heterocycles. The van der Waals surface area contributed by atoms with E-state index in [4.69, 9.17) is 5.73 Å². The van der Waals surface area contributed by atoms with Crippen molar-refractivity contribution >= 4 is 5.69 Å². The molecule has 0 aliphatic rings. The summed E-state index contributed by atoms with van der Waals surface area (Å²) in [6.07, 6.45) is 1.12. The van der Waals surface area contributed by atoms with Crippen LogP contribution in [0.15, 0.2) is 42.5 Å². The number of halogens is 1. The van der Waals surface area contributed by atoms with Gasteiger partial charge in [0, 0.05) is 0 Å². The molecule has 1 unspecified atom stereocenters. The van der Waals surface area contributed by atoms with Crippen LogP contribution in [0.3, 0.4) is 0 Å². The summed E-state index contributed by atoms with van der Waals surface area (Å²) in [7, 11) is 0. The Morgan fingerprint density at radius 1 is 1.06 bits per heavy atom. The molecular formula is C16H18FN. The van der Waals surface area contributed by atoms with Crippen LogP contribution in [0.5, 0.6) is 0 Å². The Labute approximate surface area is 107 Å². The number of nitrogens with two attached hydrogens (primary N) is 1. The molecule has 0 amide bonds. The van der Waals surface area contributed by atoms with E-state index in [9.17, 15) is 4.39 Å². The highest BCUT2D eigenvalue weighted by Crippen LogP contribution is 2.26. The van der Waals surface area contributed by atoms with E-state index in [1.54, 1.807) is 6.07 Å². The Bertz CT molecular complexity index is 531. The fraction of sp³-hybridized carbons (Fsp3) is 0.250. The van der Waals surface area contributed by atoms with Crippen molar-refractivity contribution in [2.75, 3.05) is 5.73 Å². The maximum Gasteiger partial charge on any atom is 0.146 e. The number of benzene rings is 2. The lowest BCUT2D eigenvalue weighted by Crippen LogP contribution is -1.92. The molecule has 0 aliphatic carbocycles. The fourth-order valence-electron chi connectivity index (χ4n) is 1.95. The molecule has 1 atom stereocenters. The van der Waals surface area contributed by atoms with Crippen LogP contribution in [0.25, 0.3) is 11.1 Å². The molecule has 0 bridgehead atoms. The third-order valence-corrected chi connectivity index (χ3v) is 3.43. The van der Waals surface area contributed by atoms with E-state index >= 15 is 0 Å². The molecule has 0 heterocycles. The van der Waals surface area contributed by atoms with Crippen molar-refractivity contribution in [2.45, 2.75) is 26.2 Å². The Kier molecular flexibility index (Phi) is 3.66. The van der Waals surface area contributed by atoms with Crippen LogP contribution in [0.1, 0.15) is 31.7 Å². The van der Waals surface area contributed by atoms with Gasteiger partial charge in [0.2, 0.25) is 0 Å². The second-order valence-corrected chi connectivity index (χ2v) is 4.67. The first kappa shape index (κ1) is 12.6. The number of rotatable bonds is 3. The van der Waals surface area contributed by atoms with E-state index in [1.165, 1.54) is 11.6 Å². The zero-order chi connectivity index (χ0) is 13.1. The predicted octanol–water partition coefficient (Wildman–Crippen LogP) is 4.59. The van der Waals surface area contributed by atoms with Crippen LogP contribution in [0.2, 0.25) is 0 Å². The third-order valence-electron chi connectivity index (χ3n) is 3.43. The molecule has 18 heavy (non-hydrogen) atoms. The highest BCUT2D eigenvalue weighted by Gasteiger charge is 2.05. The van der Waals surface area contributed by atoms with Gasteiger partial charge in [0.25, 0.3) is 0 Å². The van der Waals surface area contributed by atoms with Gasteiger partial charge in [0.1, 0.15) is 5.82 Å². The van der Waals surface area contributed by atoms with Crippen molar-refractivity contribution in [1.29, 1.82) is 0 Å². The zero-order valence-electron chi connectivity index (χ0n) is 10.8. The summed E-state index contributed by atoms with van der Waals surface area (Å²) in [4.78, 5) is 0. The first-order chi connectivity index (χ1) is 8.61. The van der Waals surface area contributed by atoms with Gasteiger partial charge in [0.05, 0.1) is 5.69 Å². The Balaban J connectivity index is 2.31. The fourth-order valence-corrected chi connectivity index (χ4v) is 1.95. The maximum absolute atomic E-state index is 13.4. The van der Waals surface area contributed by atoms with Crippen LogP contribution >= 0.6 is 0 Å². The second-order valence-electron chi connectivity index (χ2n) is 4.67. The Morgan fingerprint density at radius 2 is 1.67 bits per heavy atom. The normalized spacial score (nSPS) is 12.4. The van der Waals surface area contributed by atoms with E-state index in [1.807, 2.05) is 18.2 Å². The molecular weight excluding hydrogens is 225 g/mol. The molecule has 0 fully saturated rings. The molecule has 2 aromatic carbocycles. The quantitative estimate of drug-likeness (QED) is 0.784. The van der Waals surface area contributed by atoms with Gasteiger partial charge in [-0.05, 0) is 41.2 Å². The molecule has 2 N–H and O–H groups in total. The minimum absolute atomic E-state index is 0.190. The summed E-state index contributed by atoms with van der Waals surface area (Å²) in [6, 6.07) is 13.2. The van der Waals surface area contributed by atoms with Crippen LogP contribution in [-0.4, -0.2) is 0 Å². The average molecular weight is 243 g/mol. The average Bonchev–Trinajstić information content (AvgIpc) is 2.41. The number of anilines is 1. The van der Waals surface area contributed by atoms with E-state index in [0.29, 0.717) is 5.92 Å². The van der Waals surface area contributed by atoms with Gasteiger partial charge in [-0.3, -0.25) is 0 Å². The molecule has 2 rings (SSSR count). The highest BCUT2D eigenvalue weighted by atomic mass is 19.1. The third kappa shape index (κ3) is 2.53. The largest absolute Gasteiger partial charge is 0.396 e. The molecule has 2 aromatic rings. The smallest absolute Gasteiger partial charge is 0.146 e. The molecule has 1 nitrogen and oxygen atoms in total.